The van der Waals surface area contributed by atoms with Gasteiger partial charge in [0.1, 0.15) is 5.76 Å². The number of benzene rings is 1. The van der Waals surface area contributed by atoms with E-state index in [1.165, 1.54) is 11.8 Å². The number of aromatic nitrogens is 1. The Bertz CT molecular complexity index is 879. The van der Waals surface area contributed by atoms with Crippen LogP contribution in [0.2, 0.25) is 0 Å². The van der Waals surface area contributed by atoms with Gasteiger partial charge < -0.3 is 15.2 Å². The summed E-state index contributed by atoms with van der Waals surface area (Å²) >= 11 is 2.85. The van der Waals surface area contributed by atoms with Crippen molar-refractivity contribution in [2.24, 2.45) is 0 Å². The van der Waals surface area contributed by atoms with Gasteiger partial charge in [-0.15, -0.1) is 23.1 Å². The Kier molecular flexibility index (Phi) is 6.67. The molecule has 0 radical (unpaired) electrons. The van der Waals surface area contributed by atoms with Gasteiger partial charge in [0.25, 0.3) is 0 Å². The molecule has 2 N–H and O–H groups in total. The van der Waals surface area contributed by atoms with Gasteiger partial charge in [-0.05, 0) is 23.9 Å². The third kappa shape index (κ3) is 5.70. The third-order valence-electron chi connectivity index (χ3n) is 3.63. The van der Waals surface area contributed by atoms with Crippen molar-refractivity contribution in [2.45, 2.75) is 13.0 Å². The fourth-order valence-corrected chi connectivity index (χ4v) is 3.89. The smallest absolute Gasteiger partial charge is 0.235 e. The predicted molar refractivity (Wildman–Crippen MR) is 108 cm³/mol. The Morgan fingerprint density at radius 3 is 2.59 bits per heavy atom. The van der Waals surface area contributed by atoms with Crippen LogP contribution < -0.4 is 10.6 Å². The Hall–Kier alpha value is -2.58. The lowest BCUT2D eigenvalue weighted by Crippen LogP contribution is -2.30. The minimum atomic E-state index is -0.223. The Labute approximate surface area is 165 Å². The van der Waals surface area contributed by atoms with Crippen LogP contribution >= 0.6 is 23.1 Å². The summed E-state index contributed by atoms with van der Waals surface area (Å²) in [7, 11) is 0. The molecule has 1 aromatic carbocycles. The Balaban J connectivity index is 1.50. The normalized spacial score (nSPS) is 11.7. The first kappa shape index (κ1) is 19.2. The van der Waals surface area contributed by atoms with Crippen molar-refractivity contribution in [1.82, 2.24) is 10.5 Å². The second-order valence-electron chi connectivity index (χ2n) is 5.79. The summed E-state index contributed by atoms with van der Waals surface area (Å²) in [6.07, 6.45) is 0. The van der Waals surface area contributed by atoms with E-state index in [0.717, 1.165) is 10.4 Å². The monoisotopic (exact) mass is 401 g/mol. The molecule has 1 unspecified atom stereocenters. The number of hydrogen-bond donors (Lipinski definition) is 2. The topological polar surface area (TPSA) is 84.2 Å². The van der Waals surface area contributed by atoms with Crippen LogP contribution in [-0.2, 0) is 9.59 Å². The summed E-state index contributed by atoms with van der Waals surface area (Å²) in [6.45, 7) is 1.75. The molecule has 140 valence electrons. The molecule has 2 heterocycles. The number of nitrogens with zero attached hydrogens (tertiary/aromatic N) is 1. The van der Waals surface area contributed by atoms with E-state index >= 15 is 0 Å². The molecule has 8 heteroatoms. The first-order valence-electron chi connectivity index (χ1n) is 8.30. The van der Waals surface area contributed by atoms with Crippen molar-refractivity contribution in [2.75, 3.05) is 16.8 Å². The van der Waals surface area contributed by atoms with Crippen LogP contribution in [0, 0.1) is 6.92 Å². The van der Waals surface area contributed by atoms with Gasteiger partial charge in [0, 0.05) is 10.9 Å². The van der Waals surface area contributed by atoms with Gasteiger partial charge in [-0.25, -0.2) is 0 Å². The van der Waals surface area contributed by atoms with Crippen molar-refractivity contribution >= 4 is 40.7 Å². The molecule has 0 saturated heterocycles. The SMILES string of the molecule is Cc1cc(NC(=O)CSCC(=O)NC(c2ccccc2)c2cccs2)no1. The van der Waals surface area contributed by atoms with Gasteiger partial charge in [-0.3, -0.25) is 9.59 Å². The van der Waals surface area contributed by atoms with Gasteiger partial charge in [0.05, 0.1) is 17.5 Å². The zero-order valence-corrected chi connectivity index (χ0v) is 16.3. The van der Waals surface area contributed by atoms with Crippen LogP contribution in [0.5, 0.6) is 0 Å². The van der Waals surface area contributed by atoms with Crippen LogP contribution in [0.4, 0.5) is 5.82 Å². The van der Waals surface area contributed by atoms with Crippen LogP contribution in [0.25, 0.3) is 0 Å². The Morgan fingerprint density at radius 1 is 1.15 bits per heavy atom. The standard InChI is InChI=1S/C19H19N3O3S2/c1-13-10-16(22-25-13)20-17(23)11-26-12-18(24)21-19(15-8-5-9-27-15)14-6-3-2-4-7-14/h2-10,19H,11-12H2,1H3,(H,21,24)(H,20,22,23). The van der Waals surface area contributed by atoms with Gasteiger partial charge in [0.2, 0.25) is 11.8 Å². The number of carbonyl (C=O) groups excluding carboxylic acids is 2. The highest BCUT2D eigenvalue weighted by molar-refractivity contribution is 8.00. The maximum atomic E-state index is 12.4. The molecule has 1 atom stereocenters. The minimum Gasteiger partial charge on any atom is -0.360 e. The molecule has 0 bridgehead atoms. The molecule has 0 aliphatic rings. The zero-order chi connectivity index (χ0) is 19.1. The molecular weight excluding hydrogens is 382 g/mol. The van der Waals surface area contributed by atoms with E-state index in [1.807, 2.05) is 47.8 Å². The average Bonchev–Trinajstić information content (AvgIpc) is 3.32. The van der Waals surface area contributed by atoms with E-state index in [9.17, 15) is 9.59 Å². The number of nitrogens with one attached hydrogen (secondary N) is 2. The molecule has 0 saturated carbocycles. The first-order chi connectivity index (χ1) is 13.1. The number of aryl methyl sites for hydroxylation is 1. The highest BCUT2D eigenvalue weighted by atomic mass is 32.2. The van der Waals surface area contributed by atoms with Gasteiger partial charge in [-0.2, -0.15) is 0 Å². The lowest BCUT2D eigenvalue weighted by atomic mass is 10.1. The lowest BCUT2D eigenvalue weighted by molar-refractivity contribution is -0.119. The third-order valence-corrected chi connectivity index (χ3v) is 5.50. The van der Waals surface area contributed by atoms with Crippen LogP contribution in [0.15, 0.2) is 58.4 Å². The molecule has 0 aliphatic carbocycles. The first-order valence-corrected chi connectivity index (χ1v) is 10.3. The zero-order valence-electron chi connectivity index (χ0n) is 14.7. The number of anilines is 1. The number of carbonyl (C=O) groups is 2. The summed E-state index contributed by atoms with van der Waals surface area (Å²) in [5.74, 6) is 1.02. The summed E-state index contributed by atoms with van der Waals surface area (Å²) in [6, 6.07) is 15.3. The van der Waals surface area contributed by atoms with E-state index in [-0.39, 0.29) is 29.4 Å². The fourth-order valence-electron chi connectivity index (χ4n) is 2.46. The number of amides is 2. The van der Waals surface area contributed by atoms with Crippen molar-refractivity contribution in [3.8, 4) is 0 Å². The predicted octanol–water partition coefficient (Wildman–Crippen LogP) is 3.62. The summed E-state index contributed by atoms with van der Waals surface area (Å²) < 4.78 is 4.89. The maximum Gasteiger partial charge on any atom is 0.235 e. The molecule has 2 aromatic heterocycles. The second-order valence-corrected chi connectivity index (χ2v) is 7.76. The molecule has 3 rings (SSSR count). The molecular formula is C19H19N3O3S2. The quantitative estimate of drug-likeness (QED) is 0.602. The molecule has 2 amide bonds. The van der Waals surface area contributed by atoms with Gasteiger partial charge in [-0.1, -0.05) is 41.6 Å². The van der Waals surface area contributed by atoms with E-state index in [0.29, 0.717) is 11.6 Å². The Morgan fingerprint density at radius 2 is 1.93 bits per heavy atom. The molecule has 6 nitrogen and oxygen atoms in total. The van der Waals surface area contributed by atoms with E-state index < -0.39 is 0 Å². The number of rotatable bonds is 8. The highest BCUT2D eigenvalue weighted by Gasteiger charge is 2.18. The van der Waals surface area contributed by atoms with E-state index in [2.05, 4.69) is 15.8 Å². The van der Waals surface area contributed by atoms with Crippen molar-refractivity contribution in [3.05, 3.63) is 70.1 Å². The number of hydrogen-bond acceptors (Lipinski definition) is 6. The van der Waals surface area contributed by atoms with E-state index in [4.69, 9.17) is 4.52 Å². The van der Waals surface area contributed by atoms with Crippen LogP contribution in [0.1, 0.15) is 22.2 Å². The molecule has 0 spiro atoms. The van der Waals surface area contributed by atoms with Crippen molar-refractivity contribution in [1.29, 1.82) is 0 Å². The highest BCUT2D eigenvalue weighted by Crippen LogP contribution is 2.26. The van der Waals surface area contributed by atoms with E-state index in [1.54, 1.807) is 24.3 Å². The molecule has 0 fully saturated rings. The number of thiophene rings is 1. The maximum absolute atomic E-state index is 12.4. The van der Waals surface area contributed by atoms with Crippen molar-refractivity contribution in [3.63, 3.8) is 0 Å². The summed E-state index contributed by atoms with van der Waals surface area (Å²) in [5.41, 5.74) is 1.03. The van der Waals surface area contributed by atoms with Crippen LogP contribution in [-0.4, -0.2) is 28.5 Å². The van der Waals surface area contributed by atoms with Gasteiger partial charge >= 0.3 is 0 Å². The fraction of sp³-hybridized carbons (Fsp3) is 0.211. The van der Waals surface area contributed by atoms with Crippen LogP contribution in [0.3, 0.4) is 0 Å². The largest absolute Gasteiger partial charge is 0.360 e. The number of thioether (sulfide) groups is 1. The molecule has 3 aromatic rings. The second kappa shape index (κ2) is 9.38. The summed E-state index contributed by atoms with van der Waals surface area (Å²) in [4.78, 5) is 25.3. The lowest BCUT2D eigenvalue weighted by Gasteiger charge is -2.18. The average molecular weight is 402 g/mol. The molecule has 0 aliphatic heterocycles. The van der Waals surface area contributed by atoms with Gasteiger partial charge in [0.15, 0.2) is 5.82 Å². The molecule has 27 heavy (non-hydrogen) atoms. The summed E-state index contributed by atoms with van der Waals surface area (Å²) in [5, 5.41) is 11.4. The van der Waals surface area contributed by atoms with Crippen molar-refractivity contribution < 1.29 is 14.1 Å². The minimum absolute atomic E-state index is 0.118.